The van der Waals surface area contributed by atoms with Gasteiger partial charge in [0.15, 0.2) is 0 Å². The molecule has 0 bridgehead atoms. The van der Waals surface area contributed by atoms with Crippen LogP contribution in [-0.2, 0) is 6.54 Å². The van der Waals surface area contributed by atoms with Gasteiger partial charge in [0.05, 0.1) is 12.3 Å². The molecule has 1 fully saturated rings. The summed E-state index contributed by atoms with van der Waals surface area (Å²) in [5.74, 6) is 0. The summed E-state index contributed by atoms with van der Waals surface area (Å²) in [7, 11) is 0. The maximum atomic E-state index is 9.31. The molecule has 2 rings (SSSR count). The molecule has 1 unspecified atom stereocenters. The Labute approximate surface area is 109 Å². The predicted octanol–water partition coefficient (Wildman–Crippen LogP) is 1.86. The van der Waals surface area contributed by atoms with Gasteiger partial charge in [-0.25, -0.2) is 0 Å². The van der Waals surface area contributed by atoms with E-state index in [-0.39, 0.29) is 6.61 Å². The van der Waals surface area contributed by atoms with Crippen molar-refractivity contribution in [3.05, 3.63) is 24.0 Å². The fourth-order valence-corrected chi connectivity index (χ4v) is 2.46. The Hall–Kier alpha value is -1.13. The number of pyridine rings is 1. The van der Waals surface area contributed by atoms with E-state index < -0.39 is 0 Å². The summed E-state index contributed by atoms with van der Waals surface area (Å²) < 4.78 is 0. The molecule has 2 heterocycles. The molecule has 0 amide bonds. The summed E-state index contributed by atoms with van der Waals surface area (Å²) in [6, 6.07) is 4.44. The van der Waals surface area contributed by atoms with Gasteiger partial charge in [0.25, 0.3) is 0 Å². The van der Waals surface area contributed by atoms with Crippen molar-refractivity contribution in [1.82, 2.24) is 9.88 Å². The average molecular weight is 249 g/mol. The number of nitrogens with zero attached hydrogens (tertiary/aromatic N) is 2. The predicted molar refractivity (Wildman–Crippen MR) is 73.5 cm³/mol. The third kappa shape index (κ3) is 3.43. The van der Waals surface area contributed by atoms with Gasteiger partial charge in [-0.1, -0.05) is 6.92 Å². The Kier molecular flexibility index (Phi) is 4.96. The zero-order chi connectivity index (χ0) is 12.8. The van der Waals surface area contributed by atoms with Crippen molar-refractivity contribution in [3.63, 3.8) is 0 Å². The van der Waals surface area contributed by atoms with Crippen LogP contribution in [0.1, 0.15) is 31.9 Å². The summed E-state index contributed by atoms with van der Waals surface area (Å²) in [6.45, 7) is 5.32. The van der Waals surface area contributed by atoms with Crippen molar-refractivity contribution in [2.24, 2.45) is 0 Å². The Morgan fingerprint density at radius 3 is 3.22 bits per heavy atom. The summed E-state index contributed by atoms with van der Waals surface area (Å²) in [5, 5.41) is 12.7. The van der Waals surface area contributed by atoms with Crippen LogP contribution in [0.5, 0.6) is 0 Å². The molecule has 1 aromatic heterocycles. The first-order chi connectivity index (χ1) is 8.83. The molecular formula is C14H23N3O. The monoisotopic (exact) mass is 249 g/mol. The molecule has 1 aliphatic rings. The molecule has 1 aromatic rings. The second kappa shape index (κ2) is 6.71. The number of nitrogens with one attached hydrogen (secondary N) is 1. The lowest BCUT2D eigenvalue weighted by molar-refractivity contribution is 0.152. The second-order valence-corrected chi connectivity index (χ2v) is 4.91. The number of anilines is 1. The summed E-state index contributed by atoms with van der Waals surface area (Å²) >= 11 is 0. The quantitative estimate of drug-likeness (QED) is 0.808. The zero-order valence-corrected chi connectivity index (χ0v) is 11.1. The van der Waals surface area contributed by atoms with Gasteiger partial charge in [-0.05, 0) is 37.9 Å². The standard InChI is InChI=1S/C14H23N3O/c1-2-6-15-12-5-7-16-13(9-12)10-17-8-3-4-14(17)11-18/h5,7,9,14,18H,2-4,6,8,10-11H2,1H3,(H,15,16). The minimum atomic E-state index is 0.258. The van der Waals surface area contributed by atoms with E-state index in [1.807, 2.05) is 12.3 Å². The molecular weight excluding hydrogens is 226 g/mol. The minimum Gasteiger partial charge on any atom is -0.395 e. The Morgan fingerprint density at radius 1 is 1.56 bits per heavy atom. The van der Waals surface area contributed by atoms with E-state index in [9.17, 15) is 5.11 Å². The first-order valence-corrected chi connectivity index (χ1v) is 6.87. The number of aliphatic hydroxyl groups excluding tert-OH is 1. The summed E-state index contributed by atoms with van der Waals surface area (Å²) in [6.07, 6.45) is 5.26. The van der Waals surface area contributed by atoms with Crippen LogP contribution in [0, 0.1) is 0 Å². The Morgan fingerprint density at radius 2 is 2.44 bits per heavy atom. The van der Waals surface area contributed by atoms with Crippen molar-refractivity contribution in [1.29, 1.82) is 0 Å². The molecule has 4 nitrogen and oxygen atoms in total. The zero-order valence-electron chi connectivity index (χ0n) is 11.1. The van der Waals surface area contributed by atoms with Crippen molar-refractivity contribution in [2.75, 3.05) is 25.0 Å². The molecule has 0 aromatic carbocycles. The van der Waals surface area contributed by atoms with Crippen molar-refractivity contribution in [3.8, 4) is 0 Å². The number of aliphatic hydroxyl groups is 1. The highest BCUT2D eigenvalue weighted by Gasteiger charge is 2.23. The Bertz CT molecular complexity index is 370. The maximum absolute atomic E-state index is 9.31. The fraction of sp³-hybridized carbons (Fsp3) is 0.643. The van der Waals surface area contributed by atoms with Crippen LogP contribution in [0.25, 0.3) is 0 Å². The molecule has 0 spiro atoms. The maximum Gasteiger partial charge on any atom is 0.0587 e. The third-order valence-electron chi connectivity index (χ3n) is 3.47. The Balaban J connectivity index is 1.96. The van der Waals surface area contributed by atoms with Gasteiger partial charge in [-0.3, -0.25) is 9.88 Å². The van der Waals surface area contributed by atoms with Crippen LogP contribution in [0.4, 0.5) is 5.69 Å². The van der Waals surface area contributed by atoms with E-state index in [0.717, 1.165) is 43.9 Å². The molecule has 1 saturated heterocycles. The molecule has 18 heavy (non-hydrogen) atoms. The van der Waals surface area contributed by atoms with Crippen molar-refractivity contribution >= 4 is 5.69 Å². The largest absolute Gasteiger partial charge is 0.395 e. The number of rotatable bonds is 6. The van der Waals surface area contributed by atoms with Crippen LogP contribution in [-0.4, -0.2) is 40.7 Å². The van der Waals surface area contributed by atoms with Crippen LogP contribution >= 0.6 is 0 Å². The lowest BCUT2D eigenvalue weighted by Crippen LogP contribution is -2.31. The van der Waals surface area contributed by atoms with E-state index in [0.29, 0.717) is 6.04 Å². The van der Waals surface area contributed by atoms with Gasteiger partial charge < -0.3 is 10.4 Å². The highest BCUT2D eigenvalue weighted by Crippen LogP contribution is 2.19. The van der Waals surface area contributed by atoms with Gasteiger partial charge in [-0.15, -0.1) is 0 Å². The number of hydrogen-bond acceptors (Lipinski definition) is 4. The SMILES string of the molecule is CCCNc1ccnc(CN2CCCC2CO)c1. The van der Waals surface area contributed by atoms with Crippen LogP contribution < -0.4 is 5.32 Å². The van der Waals surface area contributed by atoms with Gasteiger partial charge in [-0.2, -0.15) is 0 Å². The van der Waals surface area contributed by atoms with Crippen LogP contribution in [0.3, 0.4) is 0 Å². The highest BCUT2D eigenvalue weighted by molar-refractivity contribution is 5.43. The second-order valence-electron chi connectivity index (χ2n) is 4.91. The molecule has 0 saturated carbocycles. The van der Waals surface area contributed by atoms with E-state index in [1.54, 1.807) is 0 Å². The van der Waals surface area contributed by atoms with E-state index >= 15 is 0 Å². The molecule has 1 atom stereocenters. The summed E-state index contributed by atoms with van der Waals surface area (Å²) in [5.41, 5.74) is 2.22. The van der Waals surface area contributed by atoms with E-state index in [1.165, 1.54) is 6.42 Å². The van der Waals surface area contributed by atoms with Crippen LogP contribution in [0.15, 0.2) is 18.3 Å². The molecule has 4 heteroatoms. The van der Waals surface area contributed by atoms with Crippen molar-refractivity contribution in [2.45, 2.75) is 38.8 Å². The molecule has 100 valence electrons. The minimum absolute atomic E-state index is 0.258. The fourth-order valence-electron chi connectivity index (χ4n) is 2.46. The van der Waals surface area contributed by atoms with Gasteiger partial charge in [0.1, 0.15) is 0 Å². The normalized spacial score (nSPS) is 20.2. The number of aromatic nitrogens is 1. The lowest BCUT2D eigenvalue weighted by Gasteiger charge is -2.22. The van der Waals surface area contributed by atoms with Crippen LogP contribution in [0.2, 0.25) is 0 Å². The van der Waals surface area contributed by atoms with Gasteiger partial charge >= 0.3 is 0 Å². The van der Waals surface area contributed by atoms with E-state index in [2.05, 4.69) is 28.2 Å². The smallest absolute Gasteiger partial charge is 0.0587 e. The molecule has 0 aliphatic carbocycles. The van der Waals surface area contributed by atoms with Gasteiger partial charge in [0.2, 0.25) is 0 Å². The summed E-state index contributed by atoms with van der Waals surface area (Å²) in [4.78, 5) is 6.74. The molecule has 1 aliphatic heterocycles. The van der Waals surface area contributed by atoms with E-state index in [4.69, 9.17) is 0 Å². The first kappa shape index (κ1) is 13.3. The van der Waals surface area contributed by atoms with Gasteiger partial charge in [0, 0.05) is 31.0 Å². The first-order valence-electron chi connectivity index (χ1n) is 6.87. The van der Waals surface area contributed by atoms with Crippen molar-refractivity contribution < 1.29 is 5.11 Å². The third-order valence-corrected chi connectivity index (χ3v) is 3.47. The molecule has 0 radical (unpaired) electrons. The number of hydrogen-bond donors (Lipinski definition) is 2. The average Bonchev–Trinajstić information content (AvgIpc) is 2.84. The lowest BCUT2D eigenvalue weighted by atomic mass is 10.2. The number of likely N-dealkylation sites (tertiary alicyclic amines) is 1. The molecule has 2 N–H and O–H groups in total. The topological polar surface area (TPSA) is 48.4 Å². The highest BCUT2D eigenvalue weighted by atomic mass is 16.3.